The van der Waals surface area contributed by atoms with Crippen molar-refractivity contribution in [2.75, 3.05) is 25.0 Å². The van der Waals surface area contributed by atoms with Crippen molar-refractivity contribution in [2.45, 2.75) is 18.9 Å². The zero-order valence-electron chi connectivity index (χ0n) is 9.87. The smallest absolute Gasteiger partial charge is 0.166 e. The van der Waals surface area contributed by atoms with Crippen LogP contribution in [-0.4, -0.2) is 35.6 Å². The molecule has 1 fully saturated rings. The fourth-order valence-electron chi connectivity index (χ4n) is 2.05. The molecule has 1 N–H and O–H groups in total. The van der Waals surface area contributed by atoms with E-state index in [1.54, 1.807) is 6.20 Å². The van der Waals surface area contributed by atoms with Gasteiger partial charge in [-0.05, 0) is 34.8 Å². The van der Waals surface area contributed by atoms with E-state index >= 15 is 0 Å². The van der Waals surface area contributed by atoms with Crippen LogP contribution in [-0.2, 0) is 0 Å². The summed E-state index contributed by atoms with van der Waals surface area (Å²) in [7, 11) is 0. The molecule has 2 heterocycles. The highest BCUT2D eigenvalue weighted by Gasteiger charge is 2.19. The first-order valence-corrected chi connectivity index (χ1v) is 6.65. The highest BCUT2D eigenvalue weighted by molar-refractivity contribution is 9.10. The van der Waals surface area contributed by atoms with Gasteiger partial charge < -0.3 is 5.32 Å². The largest absolute Gasteiger partial charge is 0.365 e. The molecule has 0 unspecified atom stereocenters. The van der Waals surface area contributed by atoms with Crippen LogP contribution >= 0.6 is 15.9 Å². The maximum absolute atomic E-state index is 13.6. The quantitative estimate of drug-likeness (QED) is 0.871. The molecule has 0 bridgehead atoms. The highest BCUT2D eigenvalue weighted by atomic mass is 79.9. The summed E-state index contributed by atoms with van der Waals surface area (Å²) < 4.78 is 14.2. The SMILES string of the molecule is N#CCN1CCC(Nc2ncc(Br)cc2F)CC1. The lowest BCUT2D eigenvalue weighted by atomic mass is 10.1. The normalized spacial score (nSPS) is 17.4. The number of hydrogen-bond donors (Lipinski definition) is 1. The number of anilines is 1. The van der Waals surface area contributed by atoms with Gasteiger partial charge >= 0.3 is 0 Å². The molecule has 1 saturated heterocycles. The number of nitriles is 1. The Bertz CT molecular complexity index is 452. The van der Waals surface area contributed by atoms with Crippen LogP contribution in [0.25, 0.3) is 0 Å². The molecule has 1 aliphatic rings. The van der Waals surface area contributed by atoms with Gasteiger partial charge in [-0.1, -0.05) is 0 Å². The van der Waals surface area contributed by atoms with Crippen LogP contribution in [0.5, 0.6) is 0 Å². The maximum atomic E-state index is 13.6. The maximum Gasteiger partial charge on any atom is 0.166 e. The number of likely N-dealkylation sites (tertiary alicyclic amines) is 1. The van der Waals surface area contributed by atoms with Gasteiger partial charge in [0.2, 0.25) is 0 Å². The molecule has 0 atom stereocenters. The molecule has 0 aromatic carbocycles. The summed E-state index contributed by atoms with van der Waals surface area (Å²) in [5.74, 6) is -0.0410. The summed E-state index contributed by atoms with van der Waals surface area (Å²) in [6, 6.07) is 3.77. The summed E-state index contributed by atoms with van der Waals surface area (Å²) in [6.07, 6.45) is 3.38. The molecule has 0 spiro atoms. The Morgan fingerprint density at radius 1 is 1.56 bits per heavy atom. The van der Waals surface area contributed by atoms with E-state index in [9.17, 15) is 4.39 Å². The lowest BCUT2D eigenvalue weighted by Crippen LogP contribution is -2.39. The molecule has 0 amide bonds. The molecule has 1 aromatic heterocycles. The predicted octanol–water partition coefficient (Wildman–Crippen LogP) is 2.38. The monoisotopic (exact) mass is 312 g/mol. The fourth-order valence-corrected chi connectivity index (χ4v) is 2.35. The molecule has 4 nitrogen and oxygen atoms in total. The number of aromatic nitrogens is 1. The van der Waals surface area contributed by atoms with Crippen molar-refractivity contribution in [1.82, 2.24) is 9.88 Å². The van der Waals surface area contributed by atoms with E-state index in [1.807, 2.05) is 0 Å². The summed E-state index contributed by atoms with van der Waals surface area (Å²) in [5, 5.41) is 11.7. The van der Waals surface area contributed by atoms with Crippen LogP contribution in [0.4, 0.5) is 10.2 Å². The van der Waals surface area contributed by atoms with Crippen LogP contribution in [0.1, 0.15) is 12.8 Å². The van der Waals surface area contributed by atoms with Crippen LogP contribution in [0.15, 0.2) is 16.7 Å². The Kier molecular flexibility index (Phi) is 4.50. The van der Waals surface area contributed by atoms with E-state index in [4.69, 9.17) is 5.26 Å². The van der Waals surface area contributed by atoms with Gasteiger partial charge in [-0.3, -0.25) is 4.90 Å². The van der Waals surface area contributed by atoms with Gasteiger partial charge in [0.1, 0.15) is 0 Å². The molecular formula is C12H14BrFN4. The highest BCUT2D eigenvalue weighted by Crippen LogP contribution is 2.19. The number of rotatable bonds is 3. The summed E-state index contributed by atoms with van der Waals surface area (Å²) >= 11 is 3.18. The lowest BCUT2D eigenvalue weighted by molar-refractivity contribution is 0.242. The molecular weight excluding hydrogens is 299 g/mol. The minimum atomic E-state index is -0.344. The number of halogens is 2. The standard InChI is InChI=1S/C12H14BrFN4/c13-9-7-11(14)12(16-8-9)17-10-1-4-18(5-2-10)6-3-15/h7-8,10H,1-2,4-6H2,(H,16,17). The number of pyridine rings is 1. The van der Waals surface area contributed by atoms with Crippen molar-refractivity contribution < 1.29 is 4.39 Å². The molecule has 0 saturated carbocycles. The third-order valence-corrected chi connectivity index (χ3v) is 3.46. The summed E-state index contributed by atoms with van der Waals surface area (Å²) in [5.41, 5.74) is 0. The third-order valence-electron chi connectivity index (χ3n) is 3.03. The second-order valence-electron chi connectivity index (χ2n) is 4.34. The minimum Gasteiger partial charge on any atom is -0.365 e. The number of nitrogens with one attached hydrogen (secondary N) is 1. The van der Waals surface area contributed by atoms with Gasteiger partial charge in [-0.2, -0.15) is 5.26 Å². The van der Waals surface area contributed by atoms with E-state index in [2.05, 4.69) is 37.2 Å². The first-order chi connectivity index (χ1) is 8.69. The zero-order chi connectivity index (χ0) is 13.0. The molecule has 1 aliphatic heterocycles. The molecule has 96 valence electrons. The van der Waals surface area contributed by atoms with Crippen molar-refractivity contribution in [2.24, 2.45) is 0 Å². The van der Waals surface area contributed by atoms with Gasteiger partial charge in [-0.25, -0.2) is 9.37 Å². The zero-order valence-corrected chi connectivity index (χ0v) is 11.5. The Labute approximate surface area is 114 Å². The number of hydrogen-bond acceptors (Lipinski definition) is 4. The van der Waals surface area contributed by atoms with Crippen molar-refractivity contribution >= 4 is 21.7 Å². The van der Waals surface area contributed by atoms with Crippen LogP contribution in [0, 0.1) is 17.1 Å². The second kappa shape index (κ2) is 6.12. The van der Waals surface area contributed by atoms with E-state index in [1.165, 1.54) is 6.07 Å². The predicted molar refractivity (Wildman–Crippen MR) is 70.6 cm³/mol. The topological polar surface area (TPSA) is 52.0 Å². The first kappa shape index (κ1) is 13.2. The van der Waals surface area contributed by atoms with Crippen LogP contribution < -0.4 is 5.32 Å². The summed E-state index contributed by atoms with van der Waals surface area (Å²) in [6.45, 7) is 2.20. The minimum absolute atomic E-state index is 0.225. The fraction of sp³-hybridized carbons (Fsp3) is 0.500. The number of piperidine rings is 1. The Morgan fingerprint density at radius 3 is 2.89 bits per heavy atom. The Hall–Kier alpha value is -1.19. The first-order valence-electron chi connectivity index (χ1n) is 5.86. The third kappa shape index (κ3) is 3.40. The van der Waals surface area contributed by atoms with Gasteiger partial charge in [0.05, 0.1) is 12.6 Å². The van der Waals surface area contributed by atoms with Crippen molar-refractivity contribution in [3.63, 3.8) is 0 Å². The van der Waals surface area contributed by atoms with Gasteiger partial charge in [0.15, 0.2) is 11.6 Å². The van der Waals surface area contributed by atoms with Crippen molar-refractivity contribution in [3.8, 4) is 6.07 Å². The van der Waals surface area contributed by atoms with Crippen molar-refractivity contribution in [1.29, 1.82) is 5.26 Å². The molecule has 1 aromatic rings. The Morgan fingerprint density at radius 2 is 2.28 bits per heavy atom. The molecule has 6 heteroatoms. The molecule has 0 aliphatic carbocycles. The molecule has 18 heavy (non-hydrogen) atoms. The number of nitrogens with zero attached hydrogens (tertiary/aromatic N) is 3. The van der Waals surface area contributed by atoms with E-state index in [0.29, 0.717) is 16.8 Å². The van der Waals surface area contributed by atoms with Crippen LogP contribution in [0.3, 0.4) is 0 Å². The summed E-state index contributed by atoms with van der Waals surface area (Å²) in [4.78, 5) is 6.13. The average Bonchev–Trinajstić information content (AvgIpc) is 2.35. The van der Waals surface area contributed by atoms with Crippen molar-refractivity contribution in [3.05, 3.63) is 22.6 Å². The van der Waals surface area contributed by atoms with E-state index in [-0.39, 0.29) is 11.9 Å². The molecule has 2 rings (SSSR count). The Balaban J connectivity index is 1.90. The van der Waals surface area contributed by atoms with Gasteiger partial charge in [0, 0.05) is 29.8 Å². The average molecular weight is 313 g/mol. The van der Waals surface area contributed by atoms with Gasteiger partial charge in [0.25, 0.3) is 0 Å². The molecule has 0 radical (unpaired) electrons. The second-order valence-corrected chi connectivity index (χ2v) is 5.25. The lowest BCUT2D eigenvalue weighted by Gasteiger charge is -2.30. The van der Waals surface area contributed by atoms with E-state index in [0.717, 1.165) is 25.9 Å². The van der Waals surface area contributed by atoms with Crippen LogP contribution in [0.2, 0.25) is 0 Å². The van der Waals surface area contributed by atoms with Gasteiger partial charge in [-0.15, -0.1) is 0 Å². The van der Waals surface area contributed by atoms with E-state index < -0.39 is 0 Å².